The number of fused-ring (bicyclic) bond motifs is 5. The number of oxime groups is 1. The molecule has 5 nitrogen and oxygen atoms in total. The quantitative estimate of drug-likeness (QED) is 0.582. The summed E-state index contributed by atoms with van der Waals surface area (Å²) in [7, 11) is 0. The van der Waals surface area contributed by atoms with Crippen LogP contribution in [0.1, 0.15) is 78.6 Å². The minimum absolute atomic E-state index is 0.0204. The van der Waals surface area contributed by atoms with Gasteiger partial charge in [0.05, 0.1) is 12.3 Å². The Balaban J connectivity index is 1.39. The minimum Gasteiger partial charge on any atom is -0.394 e. The van der Waals surface area contributed by atoms with Crippen molar-refractivity contribution in [1.82, 2.24) is 5.32 Å². The zero-order valence-corrected chi connectivity index (χ0v) is 17.8. The molecule has 0 spiro atoms. The van der Waals surface area contributed by atoms with Crippen LogP contribution in [0.25, 0.3) is 0 Å². The molecule has 0 bridgehead atoms. The Morgan fingerprint density at radius 1 is 1.14 bits per heavy atom. The first-order chi connectivity index (χ1) is 13.3. The maximum atomic E-state index is 12.5. The second-order valence-corrected chi connectivity index (χ2v) is 10.3. The summed E-state index contributed by atoms with van der Waals surface area (Å²) >= 11 is 0. The highest BCUT2D eigenvalue weighted by Gasteiger charge is 2.60. The maximum absolute atomic E-state index is 12.5. The number of nitrogens with zero attached hydrogens (tertiary/aromatic N) is 1. The van der Waals surface area contributed by atoms with Gasteiger partial charge in [0.2, 0.25) is 5.91 Å². The number of nitrogens with one attached hydrogen (secondary N) is 1. The first-order valence-corrected chi connectivity index (χ1v) is 11.3. The Kier molecular flexibility index (Phi) is 5.30. The van der Waals surface area contributed by atoms with E-state index in [1.165, 1.54) is 38.3 Å². The van der Waals surface area contributed by atoms with Crippen molar-refractivity contribution in [3.63, 3.8) is 0 Å². The van der Waals surface area contributed by atoms with Crippen molar-refractivity contribution < 1.29 is 14.4 Å². The summed E-state index contributed by atoms with van der Waals surface area (Å²) in [5.41, 5.74) is 1.57. The standard InChI is InChI=1S/C23H36N2O3/c1-15(26)24-12-13-28-25-17-8-10-22(2)16(14-17)4-5-18-19-6-7-21(27)23(19,3)11-9-20(18)22/h16,18-20H,4-14H2,1-3H3,(H,24,26)/b25-17-/t16?,18?,19?,20?,22-,23-/m0/s1. The van der Waals surface area contributed by atoms with Gasteiger partial charge in [-0.05, 0) is 80.5 Å². The van der Waals surface area contributed by atoms with Crippen LogP contribution in [0.15, 0.2) is 5.16 Å². The smallest absolute Gasteiger partial charge is 0.216 e. The number of carbonyl (C=O) groups is 2. The molecular weight excluding hydrogens is 352 g/mol. The van der Waals surface area contributed by atoms with Gasteiger partial charge >= 0.3 is 0 Å². The van der Waals surface area contributed by atoms with Crippen molar-refractivity contribution >= 4 is 17.4 Å². The average Bonchev–Trinajstić information content (AvgIpc) is 2.96. The molecule has 4 unspecified atom stereocenters. The highest BCUT2D eigenvalue weighted by atomic mass is 16.6. The van der Waals surface area contributed by atoms with Crippen LogP contribution in [0.2, 0.25) is 0 Å². The van der Waals surface area contributed by atoms with Gasteiger partial charge in [-0.15, -0.1) is 0 Å². The van der Waals surface area contributed by atoms with Gasteiger partial charge in [-0.2, -0.15) is 0 Å². The SMILES string of the molecule is CC(=O)NCCO/N=C1/CC[C@@]2(C)C(CCC3C2CC[C@]2(C)C(=O)CCC32)C1. The summed E-state index contributed by atoms with van der Waals surface area (Å²) in [6, 6.07) is 0. The van der Waals surface area contributed by atoms with Gasteiger partial charge in [-0.3, -0.25) is 9.59 Å². The molecule has 4 fully saturated rings. The summed E-state index contributed by atoms with van der Waals surface area (Å²) in [5, 5.41) is 7.13. The molecule has 0 heterocycles. The third-order valence-electron chi connectivity index (χ3n) is 8.97. The van der Waals surface area contributed by atoms with Crippen molar-refractivity contribution in [2.45, 2.75) is 78.6 Å². The second-order valence-electron chi connectivity index (χ2n) is 10.3. The van der Waals surface area contributed by atoms with E-state index < -0.39 is 0 Å². The fraction of sp³-hybridized carbons (Fsp3) is 0.870. The minimum atomic E-state index is -0.0333. The van der Waals surface area contributed by atoms with Crippen LogP contribution in [0.5, 0.6) is 0 Å². The van der Waals surface area contributed by atoms with Crippen LogP contribution >= 0.6 is 0 Å². The van der Waals surface area contributed by atoms with Crippen molar-refractivity contribution in [1.29, 1.82) is 0 Å². The Labute approximate surface area is 169 Å². The Morgan fingerprint density at radius 2 is 1.96 bits per heavy atom. The largest absolute Gasteiger partial charge is 0.394 e. The number of Topliss-reactive ketones (excluding diaryl/α,β-unsaturated/α-hetero) is 1. The molecule has 5 heteroatoms. The molecule has 0 aromatic heterocycles. The van der Waals surface area contributed by atoms with Crippen LogP contribution in [0.4, 0.5) is 0 Å². The number of rotatable bonds is 4. The number of hydrogen-bond acceptors (Lipinski definition) is 4. The third-order valence-corrected chi connectivity index (χ3v) is 8.97. The number of amides is 1. The summed E-state index contributed by atoms with van der Waals surface area (Å²) in [6.45, 7) is 7.25. The monoisotopic (exact) mass is 388 g/mol. The van der Waals surface area contributed by atoms with E-state index in [9.17, 15) is 9.59 Å². The van der Waals surface area contributed by atoms with Gasteiger partial charge < -0.3 is 10.2 Å². The van der Waals surface area contributed by atoms with Gasteiger partial charge in [0.15, 0.2) is 0 Å². The molecule has 1 N–H and O–H groups in total. The van der Waals surface area contributed by atoms with Crippen molar-refractivity contribution in [2.24, 2.45) is 39.7 Å². The van der Waals surface area contributed by atoms with Crippen molar-refractivity contribution in [3.8, 4) is 0 Å². The average molecular weight is 389 g/mol. The van der Waals surface area contributed by atoms with E-state index in [4.69, 9.17) is 4.84 Å². The summed E-state index contributed by atoms with van der Waals surface area (Å²) < 4.78 is 0. The maximum Gasteiger partial charge on any atom is 0.216 e. The van der Waals surface area contributed by atoms with E-state index in [0.717, 1.165) is 43.9 Å². The fourth-order valence-electron chi connectivity index (χ4n) is 7.32. The summed E-state index contributed by atoms with van der Waals surface area (Å²) in [4.78, 5) is 28.9. The van der Waals surface area contributed by atoms with Gasteiger partial charge in [0, 0.05) is 18.8 Å². The van der Waals surface area contributed by atoms with Gasteiger partial charge in [-0.25, -0.2) is 0 Å². The lowest BCUT2D eigenvalue weighted by Crippen LogP contribution is -2.53. The molecule has 6 atom stereocenters. The topological polar surface area (TPSA) is 67.8 Å². The van der Waals surface area contributed by atoms with E-state index in [1.54, 1.807) is 0 Å². The fourth-order valence-corrected chi connectivity index (χ4v) is 7.32. The summed E-state index contributed by atoms with van der Waals surface area (Å²) in [5.74, 6) is 3.35. The van der Waals surface area contributed by atoms with Gasteiger partial charge in [-0.1, -0.05) is 19.0 Å². The Morgan fingerprint density at radius 3 is 2.75 bits per heavy atom. The zero-order valence-electron chi connectivity index (χ0n) is 17.8. The molecular formula is C23H36N2O3. The number of hydrogen-bond donors (Lipinski definition) is 1. The molecule has 4 rings (SSSR count). The lowest BCUT2D eigenvalue weighted by molar-refractivity contribution is -0.137. The molecule has 0 aromatic rings. The molecule has 0 aromatic carbocycles. The van der Waals surface area contributed by atoms with Gasteiger partial charge in [0.25, 0.3) is 0 Å². The molecule has 4 aliphatic carbocycles. The van der Waals surface area contributed by atoms with Crippen LogP contribution < -0.4 is 5.32 Å². The van der Waals surface area contributed by atoms with E-state index in [0.29, 0.717) is 36.2 Å². The van der Waals surface area contributed by atoms with Crippen LogP contribution in [-0.4, -0.2) is 30.6 Å². The van der Waals surface area contributed by atoms with E-state index >= 15 is 0 Å². The summed E-state index contributed by atoms with van der Waals surface area (Å²) in [6.07, 6.45) is 10.1. The highest BCUT2D eigenvalue weighted by Crippen LogP contribution is 2.65. The molecule has 4 saturated carbocycles. The van der Waals surface area contributed by atoms with Crippen molar-refractivity contribution in [3.05, 3.63) is 0 Å². The second kappa shape index (κ2) is 7.46. The Bertz CT molecular complexity index is 675. The molecule has 0 aliphatic heterocycles. The van der Waals surface area contributed by atoms with Gasteiger partial charge in [0.1, 0.15) is 12.4 Å². The van der Waals surface area contributed by atoms with E-state index in [-0.39, 0.29) is 11.3 Å². The molecule has 0 saturated heterocycles. The molecule has 28 heavy (non-hydrogen) atoms. The lowest BCUT2D eigenvalue weighted by atomic mass is 9.45. The first-order valence-electron chi connectivity index (χ1n) is 11.3. The van der Waals surface area contributed by atoms with E-state index in [2.05, 4.69) is 24.3 Å². The molecule has 4 aliphatic rings. The van der Waals surface area contributed by atoms with Crippen LogP contribution in [-0.2, 0) is 14.4 Å². The Hall–Kier alpha value is -1.39. The van der Waals surface area contributed by atoms with Crippen molar-refractivity contribution in [2.75, 3.05) is 13.2 Å². The number of ketones is 1. The molecule has 156 valence electrons. The first kappa shape index (κ1) is 19.9. The van der Waals surface area contributed by atoms with Crippen LogP contribution in [0.3, 0.4) is 0 Å². The van der Waals surface area contributed by atoms with Crippen LogP contribution in [0, 0.1) is 34.5 Å². The normalized spacial score (nSPS) is 43.8. The predicted molar refractivity (Wildman–Crippen MR) is 109 cm³/mol. The zero-order chi connectivity index (χ0) is 19.9. The lowest BCUT2D eigenvalue weighted by Gasteiger charge is -2.59. The predicted octanol–water partition coefficient (Wildman–Crippen LogP) is 4.11. The third kappa shape index (κ3) is 3.29. The number of carbonyl (C=O) groups excluding carboxylic acids is 2. The molecule has 1 amide bonds. The van der Waals surface area contributed by atoms with E-state index in [1.807, 2.05) is 0 Å². The molecule has 0 radical (unpaired) electrons. The highest BCUT2D eigenvalue weighted by molar-refractivity contribution is 5.87.